The Morgan fingerprint density at radius 2 is 1.86 bits per heavy atom. The van der Waals surface area contributed by atoms with E-state index in [0.29, 0.717) is 17.3 Å². The first-order chi connectivity index (χ1) is 10.1. The number of rotatable bonds is 3. The molecule has 1 aliphatic carbocycles. The van der Waals surface area contributed by atoms with Crippen molar-refractivity contribution in [2.24, 2.45) is 5.73 Å². The molecular formula is C17H19N3O. The number of nitrogen functional groups attached to an aromatic ring is 1. The van der Waals surface area contributed by atoms with Gasteiger partial charge in [-0.1, -0.05) is 30.3 Å². The van der Waals surface area contributed by atoms with Crippen molar-refractivity contribution in [3.05, 3.63) is 59.2 Å². The molecule has 2 aromatic carbocycles. The van der Waals surface area contributed by atoms with Crippen molar-refractivity contribution < 1.29 is 4.79 Å². The number of hydrogen-bond acceptors (Lipinski definition) is 3. The van der Waals surface area contributed by atoms with E-state index < -0.39 is 5.91 Å². The van der Waals surface area contributed by atoms with E-state index in [1.165, 1.54) is 11.1 Å². The highest BCUT2D eigenvalue weighted by molar-refractivity contribution is 6.00. The Hall–Kier alpha value is -2.49. The van der Waals surface area contributed by atoms with E-state index in [0.717, 1.165) is 24.9 Å². The summed E-state index contributed by atoms with van der Waals surface area (Å²) < 4.78 is 0. The van der Waals surface area contributed by atoms with Gasteiger partial charge in [-0.3, -0.25) is 4.79 Å². The quantitative estimate of drug-likeness (QED) is 0.755. The summed E-state index contributed by atoms with van der Waals surface area (Å²) in [5.41, 5.74) is 15.8. The molecule has 2 aromatic rings. The lowest BCUT2D eigenvalue weighted by atomic mass is 9.88. The van der Waals surface area contributed by atoms with Crippen LogP contribution in [0, 0.1) is 0 Å². The van der Waals surface area contributed by atoms with E-state index in [-0.39, 0.29) is 0 Å². The summed E-state index contributed by atoms with van der Waals surface area (Å²) in [6.07, 6.45) is 3.08. The molecule has 0 heterocycles. The minimum atomic E-state index is -0.495. The van der Waals surface area contributed by atoms with Crippen molar-refractivity contribution in [1.29, 1.82) is 0 Å². The number of nitrogens with one attached hydrogen (secondary N) is 1. The average molecular weight is 281 g/mol. The fourth-order valence-electron chi connectivity index (χ4n) is 2.95. The summed E-state index contributed by atoms with van der Waals surface area (Å²) in [6.45, 7) is 0. The third-order valence-corrected chi connectivity index (χ3v) is 4.08. The molecule has 0 radical (unpaired) electrons. The molecule has 5 N–H and O–H groups in total. The van der Waals surface area contributed by atoms with Crippen LogP contribution in [0.2, 0.25) is 0 Å². The second kappa shape index (κ2) is 5.48. The largest absolute Gasteiger partial charge is 0.396 e. The minimum absolute atomic E-state index is 0.324. The summed E-state index contributed by atoms with van der Waals surface area (Å²) in [5, 5.41) is 3.45. The van der Waals surface area contributed by atoms with Gasteiger partial charge in [-0.25, -0.2) is 0 Å². The van der Waals surface area contributed by atoms with Crippen LogP contribution >= 0.6 is 0 Å². The van der Waals surface area contributed by atoms with Gasteiger partial charge in [0.15, 0.2) is 0 Å². The molecule has 1 aliphatic rings. The number of nitrogens with two attached hydrogens (primary N) is 2. The van der Waals surface area contributed by atoms with Gasteiger partial charge in [0.25, 0.3) is 5.91 Å². The smallest absolute Gasteiger partial charge is 0.250 e. The predicted molar refractivity (Wildman–Crippen MR) is 85.3 cm³/mol. The SMILES string of the molecule is NC(=O)c1cccc(NC2CCc3ccccc3C2)c1N. The third-order valence-electron chi connectivity index (χ3n) is 4.08. The molecule has 1 unspecified atom stereocenters. The van der Waals surface area contributed by atoms with Crippen LogP contribution in [0.4, 0.5) is 11.4 Å². The van der Waals surface area contributed by atoms with E-state index in [2.05, 4.69) is 29.6 Å². The van der Waals surface area contributed by atoms with Gasteiger partial charge >= 0.3 is 0 Å². The molecule has 0 fully saturated rings. The number of benzene rings is 2. The van der Waals surface area contributed by atoms with Crippen molar-refractivity contribution in [1.82, 2.24) is 0 Å². The molecule has 0 bridgehead atoms. The maximum Gasteiger partial charge on any atom is 0.250 e. The van der Waals surface area contributed by atoms with Crippen molar-refractivity contribution in [2.75, 3.05) is 11.1 Å². The van der Waals surface area contributed by atoms with Crippen molar-refractivity contribution >= 4 is 17.3 Å². The van der Waals surface area contributed by atoms with Gasteiger partial charge in [0.2, 0.25) is 0 Å². The normalized spacial score (nSPS) is 17.0. The Kier molecular flexibility index (Phi) is 3.52. The molecular weight excluding hydrogens is 262 g/mol. The first-order valence-electron chi connectivity index (χ1n) is 7.17. The first-order valence-corrected chi connectivity index (χ1v) is 7.17. The number of para-hydroxylation sites is 1. The van der Waals surface area contributed by atoms with Gasteiger partial charge in [0.1, 0.15) is 0 Å². The van der Waals surface area contributed by atoms with E-state index >= 15 is 0 Å². The van der Waals surface area contributed by atoms with E-state index in [1.807, 2.05) is 6.07 Å². The molecule has 4 heteroatoms. The Morgan fingerprint density at radius 3 is 2.62 bits per heavy atom. The van der Waals surface area contributed by atoms with Gasteiger partial charge in [-0.15, -0.1) is 0 Å². The molecule has 0 aromatic heterocycles. The Morgan fingerprint density at radius 1 is 1.10 bits per heavy atom. The second-order valence-electron chi connectivity index (χ2n) is 5.48. The van der Waals surface area contributed by atoms with Crippen LogP contribution in [0.3, 0.4) is 0 Å². The molecule has 0 saturated carbocycles. The topological polar surface area (TPSA) is 81.1 Å². The predicted octanol–water partition coefficient (Wildman–Crippen LogP) is 2.34. The number of carbonyl (C=O) groups is 1. The van der Waals surface area contributed by atoms with Crippen LogP contribution in [0.1, 0.15) is 27.9 Å². The number of fused-ring (bicyclic) bond motifs is 1. The van der Waals surface area contributed by atoms with E-state index in [1.54, 1.807) is 12.1 Å². The summed E-state index contributed by atoms with van der Waals surface area (Å²) in [4.78, 5) is 11.3. The fourth-order valence-corrected chi connectivity index (χ4v) is 2.95. The van der Waals surface area contributed by atoms with Crippen LogP contribution < -0.4 is 16.8 Å². The number of amides is 1. The summed E-state index contributed by atoms with van der Waals surface area (Å²) >= 11 is 0. The third kappa shape index (κ3) is 2.70. The fraction of sp³-hybridized carbons (Fsp3) is 0.235. The molecule has 1 amide bonds. The minimum Gasteiger partial charge on any atom is -0.396 e. The lowest BCUT2D eigenvalue weighted by molar-refractivity contribution is 0.100. The van der Waals surface area contributed by atoms with Crippen LogP contribution in [-0.2, 0) is 12.8 Å². The molecule has 0 spiro atoms. The summed E-state index contributed by atoms with van der Waals surface area (Å²) in [7, 11) is 0. The van der Waals surface area contributed by atoms with Gasteiger partial charge < -0.3 is 16.8 Å². The van der Waals surface area contributed by atoms with Crippen molar-refractivity contribution in [3.63, 3.8) is 0 Å². The molecule has 3 rings (SSSR count). The number of anilines is 2. The lowest BCUT2D eigenvalue weighted by Gasteiger charge is -2.27. The number of primary amides is 1. The molecule has 108 valence electrons. The zero-order chi connectivity index (χ0) is 14.8. The first kappa shape index (κ1) is 13.5. The zero-order valence-corrected chi connectivity index (χ0v) is 11.8. The zero-order valence-electron chi connectivity index (χ0n) is 11.8. The second-order valence-corrected chi connectivity index (χ2v) is 5.48. The van der Waals surface area contributed by atoms with Gasteiger partial charge in [0.05, 0.1) is 16.9 Å². The van der Waals surface area contributed by atoms with Crippen molar-refractivity contribution in [3.8, 4) is 0 Å². The molecule has 1 atom stereocenters. The Balaban J connectivity index is 1.80. The number of hydrogen-bond donors (Lipinski definition) is 3. The summed E-state index contributed by atoms with van der Waals surface area (Å²) in [6, 6.07) is 14.2. The van der Waals surface area contributed by atoms with Crippen molar-refractivity contribution in [2.45, 2.75) is 25.3 Å². The van der Waals surface area contributed by atoms with Crippen LogP contribution in [0.25, 0.3) is 0 Å². The lowest BCUT2D eigenvalue weighted by Crippen LogP contribution is -2.28. The van der Waals surface area contributed by atoms with Crippen LogP contribution in [-0.4, -0.2) is 11.9 Å². The van der Waals surface area contributed by atoms with Crippen LogP contribution in [0.5, 0.6) is 0 Å². The molecule has 0 saturated heterocycles. The monoisotopic (exact) mass is 281 g/mol. The maximum absolute atomic E-state index is 11.3. The average Bonchev–Trinajstić information content (AvgIpc) is 2.49. The van der Waals surface area contributed by atoms with Gasteiger partial charge in [-0.05, 0) is 42.5 Å². The number of aryl methyl sites for hydroxylation is 1. The van der Waals surface area contributed by atoms with Gasteiger partial charge in [-0.2, -0.15) is 0 Å². The number of carbonyl (C=O) groups excluding carboxylic acids is 1. The Labute approximate surface area is 124 Å². The molecule has 21 heavy (non-hydrogen) atoms. The molecule has 0 aliphatic heterocycles. The summed E-state index contributed by atoms with van der Waals surface area (Å²) in [5.74, 6) is -0.495. The van der Waals surface area contributed by atoms with Gasteiger partial charge in [0, 0.05) is 6.04 Å². The highest BCUT2D eigenvalue weighted by atomic mass is 16.1. The maximum atomic E-state index is 11.3. The Bertz CT molecular complexity index is 681. The van der Waals surface area contributed by atoms with E-state index in [4.69, 9.17) is 11.5 Å². The molecule has 4 nitrogen and oxygen atoms in total. The highest BCUT2D eigenvalue weighted by Gasteiger charge is 2.19. The highest BCUT2D eigenvalue weighted by Crippen LogP contribution is 2.27. The standard InChI is InChI=1S/C17H19N3O/c18-16-14(17(19)21)6-3-7-15(16)20-13-9-8-11-4-1-2-5-12(11)10-13/h1-7,13,20H,8-10,18H2,(H2,19,21). The van der Waals surface area contributed by atoms with E-state index in [9.17, 15) is 4.79 Å². The van der Waals surface area contributed by atoms with Crippen LogP contribution in [0.15, 0.2) is 42.5 Å².